The molecule has 1 aromatic rings. The molecule has 0 fully saturated rings. The van der Waals surface area contributed by atoms with Gasteiger partial charge in [0.05, 0.1) is 13.2 Å². The smallest absolute Gasteiger partial charge is 0.127 e. The Hall–Kier alpha value is -0.810. The molecule has 2 atom stereocenters. The molecule has 0 saturated heterocycles. The van der Waals surface area contributed by atoms with Crippen LogP contribution in [0.25, 0.3) is 0 Å². The first-order valence-electron chi connectivity index (χ1n) is 6.35. The first-order valence-corrected chi connectivity index (χ1v) is 6.73. The van der Waals surface area contributed by atoms with E-state index in [0.717, 1.165) is 17.7 Å². The molecule has 0 aliphatic rings. The lowest BCUT2D eigenvalue weighted by atomic mass is 9.93. The van der Waals surface area contributed by atoms with E-state index in [0.29, 0.717) is 22.8 Å². The predicted molar refractivity (Wildman–Crippen MR) is 79.0 cm³/mol. The monoisotopic (exact) mass is 286 g/mol. The van der Waals surface area contributed by atoms with Crippen LogP contribution in [-0.4, -0.2) is 31.9 Å². The molecule has 0 amide bonds. The summed E-state index contributed by atoms with van der Waals surface area (Å²) in [6, 6.07) is 1.48. The van der Waals surface area contributed by atoms with E-state index in [4.69, 9.17) is 22.1 Å². The summed E-state index contributed by atoms with van der Waals surface area (Å²) in [6.07, 6.45) is -0.119. The van der Waals surface area contributed by atoms with Crippen LogP contribution in [0.15, 0.2) is 6.07 Å². The zero-order valence-corrected chi connectivity index (χ0v) is 12.7. The Bertz CT molecular complexity index is 438. The van der Waals surface area contributed by atoms with Crippen LogP contribution in [0.3, 0.4) is 0 Å². The molecule has 4 N–H and O–H groups in total. The van der Waals surface area contributed by atoms with E-state index in [1.807, 2.05) is 27.0 Å². The topological polar surface area (TPSA) is 67.5 Å². The maximum absolute atomic E-state index is 10.5. The molecule has 4 nitrogen and oxygen atoms in total. The minimum absolute atomic E-state index is 0.363. The molecular formula is C14H23ClN2O2. The highest BCUT2D eigenvalue weighted by Crippen LogP contribution is 2.37. The number of aryl methyl sites for hydroxylation is 1. The molecule has 19 heavy (non-hydrogen) atoms. The van der Waals surface area contributed by atoms with Crippen molar-refractivity contribution in [2.75, 3.05) is 20.7 Å². The fourth-order valence-electron chi connectivity index (χ4n) is 2.19. The molecule has 0 aliphatic heterocycles. The van der Waals surface area contributed by atoms with Crippen LogP contribution in [0.1, 0.15) is 29.2 Å². The Morgan fingerprint density at radius 1 is 1.47 bits per heavy atom. The maximum Gasteiger partial charge on any atom is 0.127 e. The number of halogens is 1. The van der Waals surface area contributed by atoms with Gasteiger partial charge >= 0.3 is 0 Å². The van der Waals surface area contributed by atoms with Crippen molar-refractivity contribution in [3.05, 3.63) is 27.8 Å². The van der Waals surface area contributed by atoms with E-state index in [-0.39, 0.29) is 6.04 Å². The van der Waals surface area contributed by atoms with E-state index in [2.05, 4.69) is 5.32 Å². The number of aliphatic hydroxyl groups excluding tert-OH is 1. The fraction of sp³-hybridized carbons (Fsp3) is 0.571. The second-order valence-electron chi connectivity index (χ2n) is 4.75. The van der Waals surface area contributed by atoms with Crippen molar-refractivity contribution in [2.24, 2.45) is 5.73 Å². The number of ether oxygens (including phenoxy) is 1. The Morgan fingerprint density at radius 3 is 2.63 bits per heavy atom. The zero-order chi connectivity index (χ0) is 14.6. The van der Waals surface area contributed by atoms with Gasteiger partial charge in [-0.2, -0.15) is 0 Å². The van der Waals surface area contributed by atoms with Crippen LogP contribution < -0.4 is 15.8 Å². The lowest BCUT2D eigenvalue weighted by molar-refractivity contribution is 0.138. The lowest BCUT2D eigenvalue weighted by Gasteiger charge is -2.24. The Morgan fingerprint density at radius 2 is 2.11 bits per heavy atom. The van der Waals surface area contributed by atoms with Crippen LogP contribution >= 0.6 is 11.6 Å². The highest BCUT2D eigenvalue weighted by atomic mass is 35.5. The number of methoxy groups -OCH3 is 1. The summed E-state index contributed by atoms with van der Waals surface area (Å²) in [6.45, 7) is 4.52. The Labute approximate surface area is 119 Å². The van der Waals surface area contributed by atoms with Crippen molar-refractivity contribution in [1.82, 2.24) is 5.32 Å². The quantitative estimate of drug-likeness (QED) is 0.748. The average Bonchev–Trinajstić information content (AvgIpc) is 2.38. The first kappa shape index (κ1) is 16.2. The second-order valence-corrected chi connectivity index (χ2v) is 5.16. The number of benzene rings is 1. The van der Waals surface area contributed by atoms with Gasteiger partial charge in [-0.1, -0.05) is 11.6 Å². The van der Waals surface area contributed by atoms with E-state index in [9.17, 15) is 5.11 Å². The molecule has 0 aliphatic carbocycles. The summed E-state index contributed by atoms with van der Waals surface area (Å²) in [5, 5.41) is 14.1. The molecule has 108 valence electrons. The largest absolute Gasteiger partial charge is 0.496 e. The molecule has 1 aromatic carbocycles. The van der Waals surface area contributed by atoms with Crippen molar-refractivity contribution >= 4 is 11.6 Å². The second kappa shape index (κ2) is 7.10. The molecule has 0 heterocycles. The molecule has 0 saturated carbocycles. The minimum atomic E-state index is -0.791. The van der Waals surface area contributed by atoms with Gasteiger partial charge in [0, 0.05) is 16.6 Å². The van der Waals surface area contributed by atoms with Gasteiger partial charge in [-0.3, -0.25) is 0 Å². The van der Waals surface area contributed by atoms with Gasteiger partial charge < -0.3 is 20.9 Å². The van der Waals surface area contributed by atoms with Crippen molar-refractivity contribution in [3.8, 4) is 5.75 Å². The molecule has 0 radical (unpaired) electrons. The van der Waals surface area contributed by atoms with Gasteiger partial charge in [-0.15, -0.1) is 0 Å². The van der Waals surface area contributed by atoms with Crippen LogP contribution in [0.2, 0.25) is 5.02 Å². The normalized spacial score (nSPS) is 14.3. The standard InChI is InChI=1S/C14H23ClN2O2/c1-8-7-10(15)9(2)12(14(8)19-4)13(18)11(16)5-6-17-3/h7,11,13,17-18H,5-6,16H2,1-4H3. The highest BCUT2D eigenvalue weighted by molar-refractivity contribution is 6.31. The van der Waals surface area contributed by atoms with Crippen molar-refractivity contribution in [2.45, 2.75) is 32.4 Å². The van der Waals surface area contributed by atoms with E-state index in [1.54, 1.807) is 7.11 Å². The molecule has 0 spiro atoms. The number of aliphatic hydroxyl groups is 1. The maximum atomic E-state index is 10.5. The van der Waals surface area contributed by atoms with Crippen LogP contribution in [0.5, 0.6) is 5.75 Å². The molecule has 5 heteroatoms. The Balaban J connectivity index is 3.17. The predicted octanol–water partition coefficient (Wildman–Crippen LogP) is 1.94. The van der Waals surface area contributed by atoms with E-state index < -0.39 is 6.10 Å². The molecule has 2 unspecified atom stereocenters. The van der Waals surface area contributed by atoms with Crippen molar-refractivity contribution in [3.63, 3.8) is 0 Å². The summed E-state index contributed by atoms with van der Waals surface area (Å²) < 4.78 is 5.40. The van der Waals surface area contributed by atoms with Gasteiger partial charge in [-0.05, 0) is 51.1 Å². The number of nitrogens with two attached hydrogens (primary N) is 1. The minimum Gasteiger partial charge on any atom is -0.496 e. The Kier molecular flexibility index (Phi) is 6.07. The highest BCUT2D eigenvalue weighted by Gasteiger charge is 2.24. The third-order valence-corrected chi connectivity index (χ3v) is 3.73. The number of nitrogens with one attached hydrogen (secondary N) is 1. The third kappa shape index (κ3) is 3.60. The van der Waals surface area contributed by atoms with Crippen molar-refractivity contribution < 1.29 is 9.84 Å². The summed E-state index contributed by atoms with van der Waals surface area (Å²) in [7, 11) is 3.44. The summed E-state index contributed by atoms with van der Waals surface area (Å²) in [5.41, 5.74) is 8.44. The fourth-order valence-corrected chi connectivity index (χ4v) is 2.45. The van der Waals surface area contributed by atoms with Gasteiger partial charge in [-0.25, -0.2) is 0 Å². The van der Waals surface area contributed by atoms with Crippen LogP contribution in [0.4, 0.5) is 0 Å². The lowest BCUT2D eigenvalue weighted by Crippen LogP contribution is -2.32. The van der Waals surface area contributed by atoms with Crippen molar-refractivity contribution in [1.29, 1.82) is 0 Å². The van der Waals surface area contributed by atoms with Gasteiger partial charge in [0.1, 0.15) is 5.75 Å². The zero-order valence-electron chi connectivity index (χ0n) is 12.0. The van der Waals surface area contributed by atoms with Gasteiger partial charge in [0.2, 0.25) is 0 Å². The van der Waals surface area contributed by atoms with Crippen LogP contribution in [-0.2, 0) is 0 Å². The molecule has 0 aromatic heterocycles. The molecular weight excluding hydrogens is 264 g/mol. The van der Waals surface area contributed by atoms with Gasteiger partial charge in [0.15, 0.2) is 0 Å². The SMILES string of the molecule is CNCCC(N)C(O)c1c(C)c(Cl)cc(C)c1OC. The number of rotatable bonds is 6. The summed E-state index contributed by atoms with van der Waals surface area (Å²) in [4.78, 5) is 0. The first-order chi connectivity index (χ1) is 8.93. The average molecular weight is 287 g/mol. The number of hydrogen-bond donors (Lipinski definition) is 3. The third-order valence-electron chi connectivity index (χ3n) is 3.34. The van der Waals surface area contributed by atoms with Crippen LogP contribution in [0, 0.1) is 13.8 Å². The molecule has 1 rings (SSSR count). The summed E-state index contributed by atoms with van der Waals surface area (Å²) >= 11 is 6.18. The summed E-state index contributed by atoms with van der Waals surface area (Å²) in [5.74, 6) is 0.661. The van der Waals surface area contributed by atoms with E-state index in [1.165, 1.54) is 0 Å². The van der Waals surface area contributed by atoms with Gasteiger partial charge in [0.25, 0.3) is 0 Å². The number of hydrogen-bond acceptors (Lipinski definition) is 4. The molecule has 0 bridgehead atoms. The van der Waals surface area contributed by atoms with E-state index >= 15 is 0 Å².